The quantitative estimate of drug-likeness (QED) is 0.0199. The zero-order valence-electron chi connectivity index (χ0n) is 67.1. The smallest absolute Gasteiger partial charge is 0.220 e. The van der Waals surface area contributed by atoms with Crippen molar-refractivity contribution in [3.8, 4) is 0 Å². The Balaban J connectivity index is 1.29. The van der Waals surface area contributed by atoms with E-state index in [1.54, 1.807) is 6.08 Å². The molecule has 3 fully saturated rings. The van der Waals surface area contributed by atoms with Crippen LogP contribution >= 0.6 is 0 Å². The molecule has 1 amide bonds. The Morgan fingerprint density at radius 2 is 0.645 bits per heavy atom. The lowest BCUT2D eigenvalue weighted by atomic mass is 9.96. The molecule has 107 heavy (non-hydrogen) atoms. The number of carbonyl (C=O) groups excluding carboxylic acids is 1. The van der Waals surface area contributed by atoms with Crippen LogP contribution in [0.2, 0.25) is 0 Å². The van der Waals surface area contributed by atoms with Gasteiger partial charge in [0.2, 0.25) is 5.91 Å². The number of hydrogen-bond acceptors (Lipinski definition) is 18. The summed E-state index contributed by atoms with van der Waals surface area (Å²) < 4.78 is 34.5. The monoisotopic (exact) mass is 1520 g/mol. The van der Waals surface area contributed by atoms with Gasteiger partial charge in [-0.15, -0.1) is 0 Å². The van der Waals surface area contributed by atoms with Gasteiger partial charge in [0, 0.05) is 6.42 Å². The first-order chi connectivity index (χ1) is 52.3. The Morgan fingerprint density at radius 1 is 0.346 bits per heavy atom. The summed E-state index contributed by atoms with van der Waals surface area (Å²) >= 11 is 0. The second-order valence-corrected chi connectivity index (χ2v) is 31.0. The SMILES string of the molecule is CC/C=C\C/C=C\C/C=C\C/C=C\C/C=C\CCCCCCCCCCCCCCCCCCCCCCCCCCCC(=O)NC(COC1OC(CO)C(OC2OC(CO)C(OC3OC(CO)C(O)C(O)C3O)C(O)C2O)C(O)C1O)C(O)/C=C/CCCCCCCCCCCCCCCCCCCCC. The van der Waals surface area contributed by atoms with Gasteiger partial charge in [-0.25, -0.2) is 0 Å². The van der Waals surface area contributed by atoms with Gasteiger partial charge in [0.15, 0.2) is 18.9 Å². The maximum atomic E-state index is 13.5. The number of unbranched alkanes of at least 4 members (excludes halogenated alkanes) is 44. The van der Waals surface area contributed by atoms with Gasteiger partial charge in [0.25, 0.3) is 0 Å². The third kappa shape index (κ3) is 46.9. The molecule has 3 rings (SSSR count). The number of aliphatic hydroxyl groups is 11. The molecule has 3 saturated heterocycles. The molecular formula is C88H159NO18. The number of amides is 1. The lowest BCUT2D eigenvalue weighted by Crippen LogP contribution is -2.66. The Morgan fingerprint density at radius 3 is 1.01 bits per heavy atom. The van der Waals surface area contributed by atoms with E-state index in [9.17, 15) is 61.0 Å². The molecule has 624 valence electrons. The molecule has 0 aromatic carbocycles. The molecule has 3 aliphatic rings. The van der Waals surface area contributed by atoms with Crippen molar-refractivity contribution in [2.45, 2.75) is 452 Å². The summed E-state index contributed by atoms with van der Waals surface area (Å²) in [5.74, 6) is -0.269. The number of ether oxygens (including phenoxy) is 6. The van der Waals surface area contributed by atoms with Crippen LogP contribution in [0.15, 0.2) is 72.9 Å². The molecule has 17 atom stereocenters. The van der Waals surface area contributed by atoms with E-state index in [-0.39, 0.29) is 18.9 Å². The maximum Gasteiger partial charge on any atom is 0.220 e. The normalized spacial score (nSPS) is 25.9. The molecule has 0 radical (unpaired) electrons. The number of nitrogens with one attached hydrogen (secondary N) is 1. The summed E-state index contributed by atoms with van der Waals surface area (Å²) in [4.78, 5) is 13.5. The van der Waals surface area contributed by atoms with Crippen LogP contribution in [0.4, 0.5) is 0 Å². The summed E-state index contributed by atoms with van der Waals surface area (Å²) in [5.41, 5.74) is 0. The van der Waals surface area contributed by atoms with Crippen molar-refractivity contribution in [2.24, 2.45) is 0 Å². The van der Waals surface area contributed by atoms with Crippen LogP contribution in [0.5, 0.6) is 0 Å². The first kappa shape index (κ1) is 98.4. The van der Waals surface area contributed by atoms with Crippen molar-refractivity contribution in [3.63, 3.8) is 0 Å². The fraction of sp³-hybridized carbons (Fsp3) is 0.852. The molecular weight excluding hydrogens is 1360 g/mol. The van der Waals surface area contributed by atoms with Crippen molar-refractivity contribution in [2.75, 3.05) is 26.4 Å². The predicted octanol–water partition coefficient (Wildman–Crippen LogP) is 16.0. The van der Waals surface area contributed by atoms with Gasteiger partial charge in [-0.2, -0.15) is 0 Å². The van der Waals surface area contributed by atoms with Gasteiger partial charge in [-0.05, 0) is 64.2 Å². The summed E-state index contributed by atoms with van der Waals surface area (Å²) in [6, 6.07) is -0.974. The van der Waals surface area contributed by atoms with Crippen LogP contribution in [0, 0.1) is 0 Å². The Labute approximate surface area is 648 Å². The van der Waals surface area contributed by atoms with Crippen molar-refractivity contribution in [1.82, 2.24) is 5.32 Å². The Bertz CT molecular complexity index is 2210. The predicted molar refractivity (Wildman–Crippen MR) is 429 cm³/mol. The van der Waals surface area contributed by atoms with E-state index in [2.05, 4.69) is 79.9 Å². The number of allylic oxidation sites excluding steroid dienone is 11. The van der Waals surface area contributed by atoms with E-state index in [1.807, 2.05) is 6.08 Å². The van der Waals surface area contributed by atoms with Crippen molar-refractivity contribution >= 4 is 5.91 Å². The first-order valence-corrected chi connectivity index (χ1v) is 43.7. The van der Waals surface area contributed by atoms with Gasteiger partial charge in [0.1, 0.15) is 73.2 Å². The Kier molecular flexibility index (Phi) is 62.3. The average molecular weight is 1520 g/mol. The number of carbonyl (C=O) groups is 1. The summed E-state index contributed by atoms with van der Waals surface area (Å²) in [7, 11) is 0. The highest BCUT2D eigenvalue weighted by Gasteiger charge is 2.54. The zero-order valence-corrected chi connectivity index (χ0v) is 67.1. The fourth-order valence-electron chi connectivity index (χ4n) is 14.6. The highest BCUT2D eigenvalue weighted by Crippen LogP contribution is 2.33. The third-order valence-corrected chi connectivity index (χ3v) is 21.5. The van der Waals surface area contributed by atoms with Gasteiger partial charge >= 0.3 is 0 Å². The number of aliphatic hydroxyl groups excluding tert-OH is 11. The van der Waals surface area contributed by atoms with Crippen LogP contribution < -0.4 is 5.32 Å². The van der Waals surface area contributed by atoms with Gasteiger partial charge in [-0.1, -0.05) is 350 Å². The molecule has 19 nitrogen and oxygen atoms in total. The van der Waals surface area contributed by atoms with Crippen LogP contribution in [-0.4, -0.2) is 193 Å². The lowest BCUT2D eigenvalue weighted by Gasteiger charge is -2.48. The van der Waals surface area contributed by atoms with Crippen molar-refractivity contribution < 1.29 is 89.4 Å². The number of hydrogen-bond donors (Lipinski definition) is 12. The molecule has 0 aromatic heterocycles. The third-order valence-electron chi connectivity index (χ3n) is 21.5. The van der Waals surface area contributed by atoms with Gasteiger partial charge in [0.05, 0.1) is 38.6 Å². The largest absolute Gasteiger partial charge is 0.394 e. The van der Waals surface area contributed by atoms with Gasteiger partial charge in [-0.3, -0.25) is 4.79 Å². The molecule has 0 aliphatic carbocycles. The van der Waals surface area contributed by atoms with E-state index >= 15 is 0 Å². The molecule has 3 heterocycles. The second-order valence-electron chi connectivity index (χ2n) is 31.0. The fourth-order valence-corrected chi connectivity index (χ4v) is 14.6. The summed E-state index contributed by atoms with van der Waals surface area (Å²) in [5, 5.41) is 121. The van der Waals surface area contributed by atoms with Crippen molar-refractivity contribution in [3.05, 3.63) is 72.9 Å². The van der Waals surface area contributed by atoms with E-state index in [0.29, 0.717) is 6.42 Å². The zero-order chi connectivity index (χ0) is 77.4. The summed E-state index contributed by atoms with van der Waals surface area (Å²) in [6.45, 7) is 1.67. The molecule has 17 unspecified atom stereocenters. The van der Waals surface area contributed by atoms with Gasteiger partial charge < -0.3 is 89.9 Å². The molecule has 0 saturated carbocycles. The molecule has 19 heteroatoms. The van der Waals surface area contributed by atoms with Crippen LogP contribution in [-0.2, 0) is 33.2 Å². The minimum Gasteiger partial charge on any atom is -0.394 e. The average Bonchev–Trinajstić information content (AvgIpc) is 0.782. The number of rotatable bonds is 70. The Hall–Kier alpha value is -2.77. The highest BCUT2D eigenvalue weighted by molar-refractivity contribution is 5.76. The molecule has 0 bridgehead atoms. The maximum absolute atomic E-state index is 13.5. The van der Waals surface area contributed by atoms with E-state index in [1.165, 1.54) is 244 Å². The van der Waals surface area contributed by atoms with E-state index in [4.69, 9.17) is 28.4 Å². The van der Waals surface area contributed by atoms with Crippen LogP contribution in [0.25, 0.3) is 0 Å². The van der Waals surface area contributed by atoms with E-state index < -0.39 is 124 Å². The molecule has 0 spiro atoms. The standard InChI is InChI=1S/C88H159NO18/c1-3-5-7-9-11-13-15-17-19-21-23-25-26-27-28-29-30-31-32-33-34-35-36-37-38-39-40-41-42-43-44-46-48-50-52-54-56-58-60-62-64-66-76(94)89-71(72(93)65-63-61-59-57-55-53-51-49-47-45-24-22-20-18-16-14-12-10-8-6-4-2)70-102-86-82(100)79(97)84(74(68-91)104-86)107-88-83(101)80(98)85(75(69-92)105-88)106-87-81(99)78(96)77(95)73(67-90)103-87/h5,7,11,13,17,19,23,25,27-28,63,65,71-75,77-88,90-93,95-101H,3-4,6,8-10,12,14-16,18,20-22,24,26,29-62,64,66-70H2,1-2H3,(H,89,94)/b7-5-,13-11-,19-17-,25-23-,28-27-,65-63+. The molecule has 12 N–H and O–H groups in total. The minimum absolute atomic E-state index is 0.246. The van der Waals surface area contributed by atoms with E-state index in [0.717, 1.165) is 77.0 Å². The minimum atomic E-state index is -1.98. The molecule has 3 aliphatic heterocycles. The van der Waals surface area contributed by atoms with Crippen LogP contribution in [0.1, 0.15) is 348 Å². The first-order valence-electron chi connectivity index (χ1n) is 43.7. The summed E-state index contributed by atoms with van der Waals surface area (Å²) in [6.07, 6.45) is 63.4. The topological polar surface area (TPSA) is 307 Å². The lowest BCUT2D eigenvalue weighted by molar-refractivity contribution is -0.379. The van der Waals surface area contributed by atoms with Crippen LogP contribution in [0.3, 0.4) is 0 Å². The highest BCUT2D eigenvalue weighted by atomic mass is 16.8. The second kappa shape index (κ2) is 67.7. The molecule has 0 aromatic rings. The van der Waals surface area contributed by atoms with Crippen molar-refractivity contribution in [1.29, 1.82) is 0 Å².